The summed E-state index contributed by atoms with van der Waals surface area (Å²) in [6.45, 7) is 9.56. The molecule has 48 heavy (non-hydrogen) atoms. The Morgan fingerprint density at radius 3 is 2.23 bits per heavy atom. The number of carbonyl (C=O) groups excluding carboxylic acids is 2. The van der Waals surface area contributed by atoms with Crippen molar-refractivity contribution in [1.82, 2.24) is 15.3 Å². The molecule has 1 heterocycles. The van der Waals surface area contributed by atoms with E-state index in [2.05, 4.69) is 48.8 Å². The Kier molecular flexibility index (Phi) is 19.2. The molecule has 0 aliphatic heterocycles. The van der Waals surface area contributed by atoms with Crippen LogP contribution in [-0.4, -0.2) is 87.8 Å². The van der Waals surface area contributed by atoms with Crippen LogP contribution in [0.2, 0.25) is 0 Å². The van der Waals surface area contributed by atoms with Crippen LogP contribution >= 0.6 is 15.9 Å². The number of hydrogen-bond donors (Lipinski definition) is 3. The number of carbonyl (C=O) groups is 2. The lowest BCUT2D eigenvalue weighted by atomic mass is 9.70. The zero-order valence-corrected chi connectivity index (χ0v) is 30.2. The number of anilines is 3. The first-order chi connectivity index (χ1) is 23.4. The van der Waals surface area contributed by atoms with Gasteiger partial charge in [-0.1, -0.05) is 26.7 Å². The number of unbranched alkanes of at least 4 members (excludes halogenated alkanes) is 2. The largest absolute Gasteiger partial charge is 0.494 e. The van der Waals surface area contributed by atoms with E-state index in [1.807, 2.05) is 31.2 Å². The fraction of sp³-hybridized carbons (Fsp3) is 0.657. The van der Waals surface area contributed by atoms with Crippen LogP contribution in [-0.2, 0) is 28.5 Å². The molecule has 1 aromatic heterocycles. The van der Waals surface area contributed by atoms with Crippen molar-refractivity contribution in [3.63, 3.8) is 0 Å². The molecular formula is C35H54BrN5O7. The number of aromatic nitrogens is 2. The number of halogens is 1. The van der Waals surface area contributed by atoms with Crippen molar-refractivity contribution in [2.24, 2.45) is 5.41 Å². The van der Waals surface area contributed by atoms with Crippen LogP contribution in [0.4, 0.5) is 17.5 Å². The van der Waals surface area contributed by atoms with Gasteiger partial charge < -0.3 is 39.6 Å². The summed E-state index contributed by atoms with van der Waals surface area (Å²) in [7, 11) is 0. The van der Waals surface area contributed by atoms with E-state index in [9.17, 15) is 9.59 Å². The van der Waals surface area contributed by atoms with Crippen LogP contribution in [0.25, 0.3) is 0 Å². The Labute approximate surface area is 293 Å². The summed E-state index contributed by atoms with van der Waals surface area (Å²) in [5, 5.41) is 9.60. The first-order valence-corrected chi connectivity index (χ1v) is 18.1. The third kappa shape index (κ3) is 15.9. The zero-order chi connectivity index (χ0) is 34.3. The smallest absolute Gasteiger partial charge is 0.332 e. The third-order valence-corrected chi connectivity index (χ3v) is 8.46. The molecule has 0 radical (unpaired) electrons. The van der Waals surface area contributed by atoms with Gasteiger partial charge in [-0.2, -0.15) is 4.98 Å². The molecule has 1 aliphatic carbocycles. The zero-order valence-electron chi connectivity index (χ0n) is 28.7. The van der Waals surface area contributed by atoms with E-state index in [1.54, 1.807) is 6.20 Å². The van der Waals surface area contributed by atoms with Gasteiger partial charge in [0, 0.05) is 69.8 Å². The molecule has 3 rings (SSSR count). The number of hydrogen-bond acceptors (Lipinski definition) is 11. The van der Waals surface area contributed by atoms with Gasteiger partial charge >= 0.3 is 5.97 Å². The van der Waals surface area contributed by atoms with E-state index in [1.165, 1.54) is 0 Å². The molecule has 1 fully saturated rings. The molecule has 13 heteroatoms. The van der Waals surface area contributed by atoms with Gasteiger partial charge in [-0.3, -0.25) is 4.79 Å². The average molecular weight is 737 g/mol. The number of rotatable bonds is 27. The second-order valence-corrected chi connectivity index (χ2v) is 13.0. The quantitative estimate of drug-likeness (QED) is 0.0691. The molecule has 12 nitrogen and oxygen atoms in total. The van der Waals surface area contributed by atoms with Gasteiger partial charge in [-0.15, -0.1) is 0 Å². The Hall–Kier alpha value is -3.00. The Bertz CT molecular complexity index is 1200. The molecule has 0 spiro atoms. The Morgan fingerprint density at radius 2 is 1.54 bits per heavy atom. The van der Waals surface area contributed by atoms with Crippen molar-refractivity contribution in [1.29, 1.82) is 0 Å². The molecule has 1 aromatic carbocycles. The second kappa shape index (κ2) is 23.4. The van der Waals surface area contributed by atoms with Gasteiger partial charge in [0.15, 0.2) is 0 Å². The van der Waals surface area contributed by atoms with Crippen LogP contribution in [0.15, 0.2) is 34.9 Å². The van der Waals surface area contributed by atoms with E-state index in [-0.39, 0.29) is 23.9 Å². The van der Waals surface area contributed by atoms with E-state index in [0.29, 0.717) is 71.1 Å². The van der Waals surface area contributed by atoms with E-state index in [4.69, 9.17) is 23.7 Å². The van der Waals surface area contributed by atoms with E-state index in [0.717, 1.165) is 80.1 Å². The highest BCUT2D eigenvalue weighted by Gasteiger charge is 2.38. The third-order valence-electron chi connectivity index (χ3n) is 7.88. The number of benzene rings is 1. The normalized spacial score (nSPS) is 13.4. The predicted molar refractivity (Wildman–Crippen MR) is 190 cm³/mol. The van der Waals surface area contributed by atoms with Crippen molar-refractivity contribution in [3.05, 3.63) is 34.9 Å². The monoisotopic (exact) mass is 735 g/mol. The summed E-state index contributed by atoms with van der Waals surface area (Å²) in [5.41, 5.74) is 0.678. The first-order valence-electron chi connectivity index (χ1n) is 17.3. The van der Waals surface area contributed by atoms with Crippen molar-refractivity contribution in [2.75, 3.05) is 76.6 Å². The summed E-state index contributed by atoms with van der Waals surface area (Å²) < 4.78 is 28.3. The number of ether oxygens (including phenoxy) is 5. The topological polar surface area (TPSA) is 142 Å². The highest BCUT2D eigenvalue weighted by molar-refractivity contribution is 9.10. The summed E-state index contributed by atoms with van der Waals surface area (Å²) in [6, 6.07) is 7.68. The van der Waals surface area contributed by atoms with Crippen molar-refractivity contribution < 1.29 is 33.3 Å². The number of amides is 1. The molecule has 2 aromatic rings. The fourth-order valence-electron chi connectivity index (χ4n) is 4.71. The van der Waals surface area contributed by atoms with Crippen LogP contribution in [0, 0.1) is 5.41 Å². The molecule has 0 atom stereocenters. The fourth-order valence-corrected chi connectivity index (χ4v) is 5.04. The molecule has 1 amide bonds. The molecule has 268 valence electrons. The van der Waals surface area contributed by atoms with Gasteiger partial charge in [0.05, 0.1) is 17.7 Å². The first kappa shape index (κ1) is 39.4. The highest BCUT2D eigenvalue weighted by atomic mass is 79.9. The molecule has 1 saturated carbocycles. The van der Waals surface area contributed by atoms with Crippen LogP contribution in [0.1, 0.15) is 78.1 Å². The molecular weight excluding hydrogens is 682 g/mol. The number of esters is 1. The summed E-state index contributed by atoms with van der Waals surface area (Å²) in [6.07, 6.45) is 10.9. The van der Waals surface area contributed by atoms with E-state index >= 15 is 0 Å². The Morgan fingerprint density at radius 1 is 0.854 bits per heavy atom. The minimum absolute atomic E-state index is 0.00397. The predicted octanol–water partition coefficient (Wildman–Crippen LogP) is 6.42. The van der Waals surface area contributed by atoms with Crippen LogP contribution in [0.5, 0.6) is 5.75 Å². The van der Waals surface area contributed by atoms with Gasteiger partial charge in [-0.25, -0.2) is 9.78 Å². The maximum atomic E-state index is 12.3. The second-order valence-electron chi connectivity index (χ2n) is 12.1. The lowest BCUT2D eigenvalue weighted by molar-refractivity contribution is -0.149. The minimum atomic E-state index is -0.306. The molecule has 0 unspecified atom stereocenters. The maximum Gasteiger partial charge on any atom is 0.332 e. The van der Waals surface area contributed by atoms with Crippen molar-refractivity contribution >= 4 is 45.3 Å². The van der Waals surface area contributed by atoms with E-state index < -0.39 is 0 Å². The SMILES string of the molecule is CCCCOC(=O)COCCCOCCCCOCCCOc1ccc(Nc2ncc(Br)c(NCCCNC(=O)C3(C)CCC3)n2)cc1. The standard InChI is InChI=1S/C35H54BrN5O7/c1-3-4-24-48-31(42)27-46-23-9-21-44-19-5-6-20-45-22-10-25-47-29-13-11-28(12-14-29)40-34-39-26-30(36)32(41-34)37-17-8-18-38-33(43)35(2)15-7-16-35/h11-14,26H,3-10,15-25,27H2,1-2H3,(H,38,43)(H2,37,39,40,41). The molecule has 0 saturated heterocycles. The summed E-state index contributed by atoms with van der Waals surface area (Å²) in [4.78, 5) is 32.6. The number of nitrogens with zero attached hydrogens (tertiary/aromatic N) is 2. The summed E-state index contributed by atoms with van der Waals surface area (Å²) in [5.74, 6) is 1.81. The molecule has 3 N–H and O–H groups in total. The average Bonchev–Trinajstić information content (AvgIpc) is 3.07. The Balaban J connectivity index is 1.16. The molecule has 0 bridgehead atoms. The highest BCUT2D eigenvalue weighted by Crippen LogP contribution is 2.40. The van der Waals surface area contributed by atoms with Gasteiger partial charge in [-0.05, 0) is 85.1 Å². The van der Waals surface area contributed by atoms with Crippen molar-refractivity contribution in [3.8, 4) is 5.75 Å². The van der Waals surface area contributed by atoms with Crippen LogP contribution in [0.3, 0.4) is 0 Å². The van der Waals surface area contributed by atoms with Gasteiger partial charge in [0.2, 0.25) is 11.9 Å². The lowest BCUT2D eigenvalue weighted by Gasteiger charge is -2.36. The minimum Gasteiger partial charge on any atom is -0.494 e. The van der Waals surface area contributed by atoms with Crippen LogP contribution < -0.4 is 20.7 Å². The summed E-state index contributed by atoms with van der Waals surface area (Å²) >= 11 is 3.51. The van der Waals surface area contributed by atoms with Crippen molar-refractivity contribution in [2.45, 2.75) is 78.1 Å². The lowest BCUT2D eigenvalue weighted by Crippen LogP contribution is -2.43. The number of nitrogens with one attached hydrogen (secondary N) is 3. The maximum absolute atomic E-state index is 12.3. The van der Waals surface area contributed by atoms with Gasteiger partial charge in [0.1, 0.15) is 18.2 Å². The molecule has 1 aliphatic rings. The van der Waals surface area contributed by atoms with Gasteiger partial charge in [0.25, 0.3) is 0 Å².